The van der Waals surface area contributed by atoms with Gasteiger partial charge in [-0.25, -0.2) is 8.42 Å². The fourth-order valence-corrected chi connectivity index (χ4v) is 3.85. The van der Waals surface area contributed by atoms with Crippen LogP contribution >= 0.6 is 11.3 Å². The van der Waals surface area contributed by atoms with Crippen molar-refractivity contribution in [2.24, 2.45) is 0 Å². The number of nitrogens with one attached hydrogen (secondary N) is 1. The van der Waals surface area contributed by atoms with Crippen LogP contribution in [0.2, 0.25) is 0 Å². The molecule has 20 heavy (non-hydrogen) atoms. The quantitative estimate of drug-likeness (QED) is 0.742. The number of sulfonamides is 1. The van der Waals surface area contributed by atoms with Gasteiger partial charge in [0.05, 0.1) is 6.26 Å². The molecule has 1 saturated heterocycles. The van der Waals surface area contributed by atoms with Crippen LogP contribution in [0.15, 0.2) is 17.5 Å². The first kappa shape index (κ1) is 15.9. The van der Waals surface area contributed by atoms with Crippen LogP contribution in [0.4, 0.5) is 0 Å². The molecule has 2 rings (SSSR count). The SMILES string of the molecule is CS(=O)(=O)N1CCN(CCNCCc2cccs2)CC1. The van der Waals surface area contributed by atoms with Crippen molar-refractivity contribution in [3.05, 3.63) is 22.4 Å². The summed E-state index contributed by atoms with van der Waals surface area (Å²) in [7, 11) is -3.01. The Bertz CT molecular complexity index is 480. The monoisotopic (exact) mass is 317 g/mol. The average Bonchev–Trinajstić information content (AvgIpc) is 2.91. The minimum atomic E-state index is -3.01. The number of thiophene rings is 1. The highest BCUT2D eigenvalue weighted by atomic mass is 32.2. The third-order valence-electron chi connectivity index (χ3n) is 3.53. The topological polar surface area (TPSA) is 52.7 Å². The molecule has 0 spiro atoms. The van der Waals surface area contributed by atoms with Crippen LogP contribution in [0.25, 0.3) is 0 Å². The molecule has 0 atom stereocenters. The molecule has 5 nitrogen and oxygen atoms in total. The number of hydrogen-bond acceptors (Lipinski definition) is 5. The maximum atomic E-state index is 11.4. The Kier molecular flexibility index (Phi) is 5.98. The summed E-state index contributed by atoms with van der Waals surface area (Å²) in [6.45, 7) is 5.86. The van der Waals surface area contributed by atoms with Crippen molar-refractivity contribution in [1.82, 2.24) is 14.5 Å². The maximum Gasteiger partial charge on any atom is 0.211 e. The Balaban J connectivity index is 1.55. The molecule has 7 heteroatoms. The van der Waals surface area contributed by atoms with E-state index in [1.165, 1.54) is 11.1 Å². The van der Waals surface area contributed by atoms with E-state index in [0.29, 0.717) is 13.1 Å². The van der Waals surface area contributed by atoms with Gasteiger partial charge in [0, 0.05) is 50.7 Å². The van der Waals surface area contributed by atoms with E-state index < -0.39 is 10.0 Å². The molecule has 1 aliphatic rings. The first-order valence-corrected chi connectivity index (χ1v) is 9.69. The fourth-order valence-electron chi connectivity index (χ4n) is 2.31. The Morgan fingerprint density at radius 1 is 1.25 bits per heavy atom. The van der Waals surface area contributed by atoms with Crippen LogP contribution in [-0.2, 0) is 16.4 Å². The van der Waals surface area contributed by atoms with Gasteiger partial charge in [0.2, 0.25) is 10.0 Å². The van der Waals surface area contributed by atoms with Crippen LogP contribution in [0, 0.1) is 0 Å². The first-order chi connectivity index (χ1) is 9.55. The summed E-state index contributed by atoms with van der Waals surface area (Å²) in [4.78, 5) is 3.74. The number of nitrogens with zero attached hydrogens (tertiary/aromatic N) is 2. The van der Waals surface area contributed by atoms with E-state index in [2.05, 4.69) is 27.7 Å². The molecule has 114 valence electrons. The van der Waals surface area contributed by atoms with E-state index in [9.17, 15) is 8.42 Å². The van der Waals surface area contributed by atoms with Crippen molar-refractivity contribution in [3.8, 4) is 0 Å². The summed E-state index contributed by atoms with van der Waals surface area (Å²) >= 11 is 1.80. The highest BCUT2D eigenvalue weighted by Gasteiger charge is 2.22. The van der Waals surface area contributed by atoms with Gasteiger partial charge >= 0.3 is 0 Å². The van der Waals surface area contributed by atoms with Crippen LogP contribution in [0.5, 0.6) is 0 Å². The predicted molar refractivity (Wildman–Crippen MR) is 83.7 cm³/mol. The molecule has 1 N–H and O–H groups in total. The van der Waals surface area contributed by atoms with E-state index in [1.807, 2.05) is 0 Å². The number of hydrogen-bond donors (Lipinski definition) is 1. The molecule has 0 radical (unpaired) electrons. The van der Waals surface area contributed by atoms with Crippen LogP contribution in [0.1, 0.15) is 4.88 Å². The van der Waals surface area contributed by atoms with Gasteiger partial charge < -0.3 is 5.32 Å². The second kappa shape index (κ2) is 7.51. The minimum absolute atomic E-state index is 0.619. The third kappa shape index (κ3) is 5.14. The fraction of sp³-hybridized carbons (Fsp3) is 0.692. The Morgan fingerprint density at radius 2 is 2.00 bits per heavy atom. The predicted octanol–water partition coefficient (Wildman–Crippen LogP) is 0.457. The normalized spacial score (nSPS) is 18.4. The second-order valence-electron chi connectivity index (χ2n) is 5.08. The molecule has 0 bridgehead atoms. The number of piperazine rings is 1. The molecule has 2 heterocycles. The molecule has 1 aromatic rings. The van der Waals surface area contributed by atoms with Gasteiger partial charge in [0.1, 0.15) is 0 Å². The van der Waals surface area contributed by atoms with E-state index in [4.69, 9.17) is 0 Å². The van der Waals surface area contributed by atoms with E-state index in [1.54, 1.807) is 15.6 Å². The summed E-state index contributed by atoms with van der Waals surface area (Å²) in [5.74, 6) is 0. The lowest BCUT2D eigenvalue weighted by atomic mass is 10.3. The van der Waals surface area contributed by atoms with Gasteiger partial charge in [-0.3, -0.25) is 4.90 Å². The van der Waals surface area contributed by atoms with Gasteiger partial charge in [-0.15, -0.1) is 11.3 Å². The van der Waals surface area contributed by atoms with Gasteiger partial charge in [0.25, 0.3) is 0 Å². The second-order valence-corrected chi connectivity index (χ2v) is 8.10. The molecule has 0 amide bonds. The summed E-state index contributed by atoms with van der Waals surface area (Å²) in [6, 6.07) is 4.25. The van der Waals surface area contributed by atoms with Crippen molar-refractivity contribution < 1.29 is 8.42 Å². The molecule has 0 saturated carbocycles. The highest BCUT2D eigenvalue weighted by molar-refractivity contribution is 7.88. The van der Waals surface area contributed by atoms with Gasteiger partial charge in [0.15, 0.2) is 0 Å². The zero-order valence-electron chi connectivity index (χ0n) is 11.9. The molecule has 0 aromatic carbocycles. The van der Waals surface area contributed by atoms with E-state index >= 15 is 0 Å². The van der Waals surface area contributed by atoms with Crippen LogP contribution < -0.4 is 5.32 Å². The summed E-state index contributed by atoms with van der Waals surface area (Å²) in [5.41, 5.74) is 0. The zero-order valence-corrected chi connectivity index (χ0v) is 13.5. The summed E-state index contributed by atoms with van der Waals surface area (Å²) < 4.78 is 24.4. The molecule has 1 aromatic heterocycles. The molecule has 1 aliphatic heterocycles. The van der Waals surface area contributed by atoms with Gasteiger partial charge in [-0.05, 0) is 17.9 Å². The lowest BCUT2D eigenvalue weighted by Crippen LogP contribution is -2.49. The third-order valence-corrected chi connectivity index (χ3v) is 5.77. The number of rotatable bonds is 7. The molecule has 0 unspecified atom stereocenters. The lowest BCUT2D eigenvalue weighted by molar-refractivity contribution is 0.189. The standard InChI is InChI=1S/C13H23N3O2S2/c1-20(17,18)16-10-8-15(9-11-16)7-6-14-5-4-13-3-2-12-19-13/h2-3,12,14H,4-11H2,1H3. The van der Waals surface area contributed by atoms with Crippen molar-refractivity contribution in [2.75, 3.05) is 52.1 Å². The Labute approximate surface area is 125 Å². The molecule has 1 fully saturated rings. The smallest absolute Gasteiger partial charge is 0.211 e. The molecular weight excluding hydrogens is 294 g/mol. The van der Waals surface area contributed by atoms with E-state index in [-0.39, 0.29) is 0 Å². The average molecular weight is 317 g/mol. The largest absolute Gasteiger partial charge is 0.315 e. The van der Waals surface area contributed by atoms with E-state index in [0.717, 1.165) is 39.1 Å². The summed E-state index contributed by atoms with van der Waals surface area (Å²) in [5, 5.41) is 5.55. The van der Waals surface area contributed by atoms with Crippen LogP contribution in [0.3, 0.4) is 0 Å². The van der Waals surface area contributed by atoms with Crippen molar-refractivity contribution in [3.63, 3.8) is 0 Å². The van der Waals surface area contributed by atoms with Gasteiger partial charge in [-0.1, -0.05) is 6.07 Å². The van der Waals surface area contributed by atoms with Gasteiger partial charge in [-0.2, -0.15) is 4.31 Å². The van der Waals surface area contributed by atoms with Crippen molar-refractivity contribution >= 4 is 21.4 Å². The van der Waals surface area contributed by atoms with Crippen LogP contribution in [-0.4, -0.2) is 69.7 Å². The first-order valence-electron chi connectivity index (χ1n) is 6.96. The Hall–Kier alpha value is -0.470. The molecular formula is C13H23N3O2S2. The lowest BCUT2D eigenvalue weighted by Gasteiger charge is -2.33. The zero-order chi connectivity index (χ0) is 14.4. The highest BCUT2D eigenvalue weighted by Crippen LogP contribution is 2.08. The minimum Gasteiger partial charge on any atom is -0.315 e. The van der Waals surface area contributed by atoms with Crippen molar-refractivity contribution in [2.45, 2.75) is 6.42 Å². The Morgan fingerprint density at radius 3 is 2.60 bits per heavy atom. The van der Waals surface area contributed by atoms with Crippen molar-refractivity contribution in [1.29, 1.82) is 0 Å². The molecule has 0 aliphatic carbocycles. The maximum absolute atomic E-state index is 11.4. The summed E-state index contributed by atoms with van der Waals surface area (Å²) in [6.07, 6.45) is 2.37.